The van der Waals surface area contributed by atoms with E-state index in [1.807, 2.05) is 6.07 Å². The minimum atomic E-state index is -0.576. The molecule has 3 nitrogen and oxygen atoms in total. The van der Waals surface area contributed by atoms with Crippen LogP contribution in [0, 0.1) is 16.7 Å². The summed E-state index contributed by atoms with van der Waals surface area (Å²) in [6, 6.07) is 7.12. The molecule has 86 valence electrons. The Balaban J connectivity index is 2.66. The number of rotatable bonds is 3. The average molecular weight is 218 g/mol. The van der Waals surface area contributed by atoms with E-state index < -0.39 is 6.10 Å². The zero-order chi connectivity index (χ0) is 12.2. The Hall–Kier alpha value is -1.40. The Morgan fingerprint density at radius 2 is 2.12 bits per heavy atom. The first-order chi connectivity index (χ1) is 7.42. The van der Waals surface area contributed by atoms with E-state index in [9.17, 15) is 5.11 Å². The van der Waals surface area contributed by atoms with Crippen molar-refractivity contribution < 1.29 is 5.11 Å². The Morgan fingerprint density at radius 1 is 1.44 bits per heavy atom. The molecular formula is C13H18N2O. The van der Waals surface area contributed by atoms with Crippen molar-refractivity contribution in [2.24, 2.45) is 5.41 Å². The molecule has 0 saturated heterocycles. The van der Waals surface area contributed by atoms with E-state index in [1.54, 1.807) is 18.2 Å². The number of nitrogens with zero attached hydrogens (tertiary/aromatic N) is 2. The van der Waals surface area contributed by atoms with Crippen LogP contribution in [0.25, 0.3) is 0 Å². The van der Waals surface area contributed by atoms with Gasteiger partial charge in [0, 0.05) is 0 Å². The molecule has 1 rings (SSSR count). The number of hydrogen-bond acceptors (Lipinski definition) is 3. The second-order valence-corrected chi connectivity index (χ2v) is 5.17. The predicted molar refractivity (Wildman–Crippen MR) is 62.6 cm³/mol. The van der Waals surface area contributed by atoms with Crippen LogP contribution in [0.5, 0.6) is 0 Å². The Kier molecular flexibility index (Phi) is 4.03. The van der Waals surface area contributed by atoms with Crippen molar-refractivity contribution in [3.8, 4) is 6.07 Å². The van der Waals surface area contributed by atoms with Crippen LogP contribution in [0.1, 0.15) is 51.1 Å². The SMILES string of the molecule is CC(C)(C)CC[C@H](O)c1cccc(C#N)n1. The fraction of sp³-hybridized carbons (Fsp3) is 0.538. The summed E-state index contributed by atoms with van der Waals surface area (Å²) in [5.41, 5.74) is 1.14. The molecule has 0 unspecified atom stereocenters. The summed E-state index contributed by atoms with van der Waals surface area (Å²) < 4.78 is 0. The van der Waals surface area contributed by atoms with Gasteiger partial charge in [-0.1, -0.05) is 26.8 Å². The number of hydrogen-bond donors (Lipinski definition) is 1. The second-order valence-electron chi connectivity index (χ2n) is 5.17. The monoisotopic (exact) mass is 218 g/mol. The van der Waals surface area contributed by atoms with Crippen molar-refractivity contribution in [1.82, 2.24) is 4.98 Å². The normalized spacial score (nSPS) is 13.2. The molecule has 16 heavy (non-hydrogen) atoms. The van der Waals surface area contributed by atoms with Crippen LogP contribution >= 0.6 is 0 Å². The molecule has 0 radical (unpaired) electrons. The highest BCUT2D eigenvalue weighted by atomic mass is 16.3. The molecule has 0 bridgehead atoms. The van der Waals surface area contributed by atoms with Crippen molar-refractivity contribution in [2.75, 3.05) is 0 Å². The third-order valence-corrected chi connectivity index (χ3v) is 2.39. The zero-order valence-corrected chi connectivity index (χ0v) is 10.1. The van der Waals surface area contributed by atoms with Gasteiger partial charge in [-0.2, -0.15) is 5.26 Å². The zero-order valence-electron chi connectivity index (χ0n) is 10.1. The van der Waals surface area contributed by atoms with Gasteiger partial charge in [0.1, 0.15) is 11.8 Å². The summed E-state index contributed by atoms with van der Waals surface area (Å²) in [5, 5.41) is 18.6. The second kappa shape index (κ2) is 5.09. The number of aliphatic hydroxyl groups is 1. The molecule has 0 aliphatic carbocycles. The van der Waals surface area contributed by atoms with Crippen LogP contribution in [0.15, 0.2) is 18.2 Å². The highest BCUT2D eigenvalue weighted by Crippen LogP contribution is 2.26. The van der Waals surface area contributed by atoms with Gasteiger partial charge in [0.2, 0.25) is 0 Å². The topological polar surface area (TPSA) is 56.9 Å². The predicted octanol–water partition coefficient (Wildman–Crippen LogP) is 2.81. The Bertz CT molecular complexity index is 388. The molecule has 1 heterocycles. The molecule has 1 N–H and O–H groups in total. The minimum Gasteiger partial charge on any atom is -0.387 e. The van der Waals surface area contributed by atoms with Gasteiger partial charge in [0.05, 0.1) is 11.8 Å². The number of pyridine rings is 1. The average Bonchev–Trinajstić information content (AvgIpc) is 2.25. The maximum atomic E-state index is 9.93. The first-order valence-electron chi connectivity index (χ1n) is 5.47. The van der Waals surface area contributed by atoms with Crippen LogP contribution in [0.2, 0.25) is 0 Å². The van der Waals surface area contributed by atoms with E-state index in [-0.39, 0.29) is 5.41 Å². The van der Waals surface area contributed by atoms with E-state index in [1.165, 1.54) is 0 Å². The van der Waals surface area contributed by atoms with Crippen LogP contribution in [-0.4, -0.2) is 10.1 Å². The third-order valence-electron chi connectivity index (χ3n) is 2.39. The fourth-order valence-corrected chi connectivity index (χ4v) is 1.42. The maximum absolute atomic E-state index is 9.93. The van der Waals surface area contributed by atoms with Crippen molar-refractivity contribution >= 4 is 0 Å². The number of aliphatic hydroxyl groups excluding tert-OH is 1. The maximum Gasteiger partial charge on any atom is 0.140 e. The van der Waals surface area contributed by atoms with Gasteiger partial charge >= 0.3 is 0 Å². The molecule has 1 aromatic heterocycles. The van der Waals surface area contributed by atoms with Gasteiger partial charge in [-0.05, 0) is 30.4 Å². The molecule has 3 heteroatoms. The van der Waals surface area contributed by atoms with Crippen molar-refractivity contribution in [3.05, 3.63) is 29.6 Å². The van der Waals surface area contributed by atoms with Crippen LogP contribution < -0.4 is 0 Å². The largest absolute Gasteiger partial charge is 0.387 e. The van der Waals surface area contributed by atoms with Gasteiger partial charge in [-0.25, -0.2) is 4.98 Å². The van der Waals surface area contributed by atoms with E-state index in [0.717, 1.165) is 6.42 Å². The summed E-state index contributed by atoms with van der Waals surface area (Å²) in [6.07, 6.45) is 1.02. The number of nitriles is 1. The third kappa shape index (κ3) is 4.00. The summed E-state index contributed by atoms with van der Waals surface area (Å²) in [5.74, 6) is 0. The van der Waals surface area contributed by atoms with Gasteiger partial charge < -0.3 is 5.11 Å². The highest BCUT2D eigenvalue weighted by Gasteiger charge is 2.15. The summed E-state index contributed by atoms with van der Waals surface area (Å²) >= 11 is 0. The molecule has 0 aliphatic heterocycles. The minimum absolute atomic E-state index is 0.202. The molecule has 1 aromatic rings. The molecule has 1 atom stereocenters. The van der Waals surface area contributed by atoms with E-state index >= 15 is 0 Å². The molecule has 0 spiro atoms. The summed E-state index contributed by atoms with van der Waals surface area (Å²) in [6.45, 7) is 6.41. The smallest absolute Gasteiger partial charge is 0.140 e. The number of aromatic nitrogens is 1. The summed E-state index contributed by atoms with van der Waals surface area (Å²) in [4.78, 5) is 4.08. The first kappa shape index (κ1) is 12.7. The van der Waals surface area contributed by atoms with E-state index in [2.05, 4.69) is 25.8 Å². The van der Waals surface area contributed by atoms with Gasteiger partial charge in [0.25, 0.3) is 0 Å². The lowest BCUT2D eigenvalue weighted by atomic mass is 9.89. The standard InChI is InChI=1S/C13H18N2O/c1-13(2,3)8-7-12(16)11-6-4-5-10(9-14)15-11/h4-6,12,16H,7-8H2,1-3H3/t12-/m0/s1. The fourth-order valence-electron chi connectivity index (χ4n) is 1.42. The molecule has 0 amide bonds. The van der Waals surface area contributed by atoms with Crippen LogP contribution in [-0.2, 0) is 0 Å². The van der Waals surface area contributed by atoms with E-state index in [4.69, 9.17) is 5.26 Å². The lowest BCUT2D eigenvalue weighted by molar-refractivity contribution is 0.143. The van der Waals surface area contributed by atoms with Gasteiger partial charge in [-0.3, -0.25) is 0 Å². The van der Waals surface area contributed by atoms with Crippen LogP contribution in [0.3, 0.4) is 0 Å². The molecule has 0 fully saturated rings. The summed E-state index contributed by atoms with van der Waals surface area (Å²) in [7, 11) is 0. The first-order valence-corrected chi connectivity index (χ1v) is 5.47. The van der Waals surface area contributed by atoms with E-state index in [0.29, 0.717) is 17.8 Å². The molecule has 0 saturated carbocycles. The van der Waals surface area contributed by atoms with Gasteiger partial charge in [-0.15, -0.1) is 0 Å². The van der Waals surface area contributed by atoms with Crippen LogP contribution in [0.4, 0.5) is 0 Å². The Morgan fingerprint density at radius 3 is 2.69 bits per heavy atom. The Labute approximate surface area is 96.8 Å². The molecular weight excluding hydrogens is 200 g/mol. The molecule has 0 aromatic carbocycles. The quantitative estimate of drug-likeness (QED) is 0.848. The molecule has 0 aliphatic rings. The lowest BCUT2D eigenvalue weighted by Gasteiger charge is -2.20. The van der Waals surface area contributed by atoms with Crippen molar-refractivity contribution in [1.29, 1.82) is 5.26 Å². The highest BCUT2D eigenvalue weighted by molar-refractivity contribution is 5.22. The van der Waals surface area contributed by atoms with Crippen molar-refractivity contribution in [2.45, 2.75) is 39.7 Å². The lowest BCUT2D eigenvalue weighted by Crippen LogP contribution is -2.09. The van der Waals surface area contributed by atoms with Crippen molar-refractivity contribution in [3.63, 3.8) is 0 Å². The van der Waals surface area contributed by atoms with Gasteiger partial charge in [0.15, 0.2) is 0 Å².